The first kappa shape index (κ1) is 27.2. The standard InChI is InChI=1S/C21H16F6N6.Pt/c1-19(2,14-5-3-7-17(30-14)29-11-9-13(28)20(22,23)24)15-6-4-8-18(31-15)33-12-10-16(32-33)21(25,26)27;/h3-10,28H,1-2H3,(H,29,30);/q-2;+2. The molecule has 6 nitrogen and oxygen atoms in total. The van der Waals surface area contributed by atoms with Crippen molar-refractivity contribution >= 4 is 11.5 Å². The number of rotatable bonds is 6. The fourth-order valence-corrected chi connectivity index (χ4v) is 2.68. The molecule has 0 saturated heterocycles. The van der Waals surface area contributed by atoms with Crippen LogP contribution >= 0.6 is 0 Å². The van der Waals surface area contributed by atoms with Crippen molar-refractivity contribution < 1.29 is 47.4 Å². The fourth-order valence-electron chi connectivity index (χ4n) is 2.68. The number of hydrogen-bond donors (Lipinski definition) is 2. The first-order chi connectivity index (χ1) is 15.3. The number of nitrogens with one attached hydrogen (secondary N) is 2. The van der Waals surface area contributed by atoms with Crippen molar-refractivity contribution in [1.29, 1.82) is 5.41 Å². The first-order valence-corrected chi connectivity index (χ1v) is 9.29. The summed E-state index contributed by atoms with van der Waals surface area (Å²) in [6, 6.07) is 10.2. The van der Waals surface area contributed by atoms with Crippen molar-refractivity contribution in [3.63, 3.8) is 0 Å². The number of aromatic nitrogens is 4. The Morgan fingerprint density at radius 1 is 1.00 bits per heavy atom. The Balaban J connectivity index is 0.00000408. The van der Waals surface area contributed by atoms with E-state index in [4.69, 9.17) is 5.41 Å². The maximum atomic E-state index is 12.8. The molecule has 0 aliphatic rings. The van der Waals surface area contributed by atoms with Crippen LogP contribution < -0.4 is 5.32 Å². The van der Waals surface area contributed by atoms with Gasteiger partial charge in [0.25, 0.3) is 0 Å². The molecule has 0 aliphatic carbocycles. The molecule has 3 aromatic rings. The zero-order valence-electron chi connectivity index (χ0n) is 17.5. The van der Waals surface area contributed by atoms with Crippen molar-refractivity contribution in [3.8, 4) is 5.82 Å². The summed E-state index contributed by atoms with van der Waals surface area (Å²) in [6.45, 7) is 3.55. The van der Waals surface area contributed by atoms with Gasteiger partial charge in [-0.3, -0.25) is 15.1 Å². The molecule has 34 heavy (non-hydrogen) atoms. The number of allylic oxidation sites excluding steroid dienone is 1. The molecule has 2 N–H and O–H groups in total. The minimum Gasteiger partial charge on any atom is -0.453 e. The summed E-state index contributed by atoms with van der Waals surface area (Å²) in [5.74, 6) is 0.297. The molecule has 0 radical (unpaired) electrons. The van der Waals surface area contributed by atoms with E-state index in [9.17, 15) is 26.3 Å². The van der Waals surface area contributed by atoms with Gasteiger partial charge >= 0.3 is 33.4 Å². The molecule has 3 aromatic heterocycles. The van der Waals surface area contributed by atoms with Crippen LogP contribution in [0.3, 0.4) is 0 Å². The Labute approximate surface area is 204 Å². The molecular weight excluding hydrogens is 645 g/mol. The van der Waals surface area contributed by atoms with E-state index in [0.717, 1.165) is 10.7 Å². The zero-order valence-corrected chi connectivity index (χ0v) is 19.8. The summed E-state index contributed by atoms with van der Waals surface area (Å²) in [6.07, 6.45) is -4.40. The van der Waals surface area contributed by atoms with E-state index < -0.39 is 29.2 Å². The van der Waals surface area contributed by atoms with Crippen LogP contribution in [0.25, 0.3) is 5.82 Å². The molecule has 0 spiro atoms. The van der Waals surface area contributed by atoms with Gasteiger partial charge in [-0.15, -0.1) is 18.3 Å². The number of pyridine rings is 2. The van der Waals surface area contributed by atoms with E-state index in [1.54, 1.807) is 38.1 Å². The zero-order chi connectivity index (χ0) is 24.4. The third-order valence-electron chi connectivity index (χ3n) is 4.53. The van der Waals surface area contributed by atoms with Gasteiger partial charge in [0.1, 0.15) is 0 Å². The van der Waals surface area contributed by atoms with Gasteiger partial charge in [-0.2, -0.15) is 26.3 Å². The molecule has 0 amide bonds. The van der Waals surface area contributed by atoms with Crippen LogP contribution in [0.5, 0.6) is 0 Å². The summed E-state index contributed by atoms with van der Waals surface area (Å²) >= 11 is 0. The first-order valence-electron chi connectivity index (χ1n) is 9.29. The summed E-state index contributed by atoms with van der Waals surface area (Å²) in [7, 11) is 0. The second-order valence-electron chi connectivity index (χ2n) is 7.31. The SMILES string of the molecule is CC(C)(c1cccc(N[C-]=CC(=N)C(F)(F)F)n1)c1cccc(-n2[c-]cc(C(F)(F)F)n2)n1.[Pt+2]. The minimum atomic E-state index is -4.78. The van der Waals surface area contributed by atoms with Gasteiger partial charge < -0.3 is 15.4 Å². The Kier molecular flexibility index (Phi) is 8.08. The largest absolute Gasteiger partial charge is 2.00 e. The van der Waals surface area contributed by atoms with Gasteiger partial charge in [0, 0.05) is 28.3 Å². The second-order valence-corrected chi connectivity index (χ2v) is 7.31. The van der Waals surface area contributed by atoms with E-state index in [1.165, 1.54) is 12.1 Å². The van der Waals surface area contributed by atoms with E-state index in [-0.39, 0.29) is 32.7 Å². The van der Waals surface area contributed by atoms with Crippen LogP contribution in [0, 0.1) is 17.8 Å². The van der Waals surface area contributed by atoms with Crippen LogP contribution in [0.2, 0.25) is 0 Å². The third kappa shape index (κ3) is 6.31. The van der Waals surface area contributed by atoms with Crippen molar-refractivity contribution in [1.82, 2.24) is 19.7 Å². The number of nitrogens with zero attached hydrogens (tertiary/aromatic N) is 4. The Bertz CT molecular complexity index is 1180. The van der Waals surface area contributed by atoms with Crippen molar-refractivity contribution in [2.75, 3.05) is 5.32 Å². The van der Waals surface area contributed by atoms with E-state index >= 15 is 0 Å². The number of anilines is 1. The van der Waals surface area contributed by atoms with E-state index in [1.807, 2.05) is 0 Å². The quantitative estimate of drug-likeness (QED) is 0.167. The minimum absolute atomic E-state index is 0. The molecule has 13 heteroatoms. The normalized spacial score (nSPS) is 12.5. The monoisotopic (exact) mass is 661 g/mol. The summed E-state index contributed by atoms with van der Waals surface area (Å²) in [5.41, 5.74) is -2.57. The molecule has 0 bridgehead atoms. The summed E-state index contributed by atoms with van der Waals surface area (Å²) in [4.78, 5) is 8.75. The molecule has 0 unspecified atom stereocenters. The van der Waals surface area contributed by atoms with Crippen LogP contribution in [0.1, 0.15) is 30.9 Å². The molecule has 0 aromatic carbocycles. The van der Waals surface area contributed by atoms with Gasteiger partial charge in [0.15, 0.2) is 0 Å². The maximum absolute atomic E-state index is 12.8. The molecule has 3 rings (SSSR count). The molecule has 0 fully saturated rings. The fraction of sp³-hybridized carbons (Fsp3) is 0.238. The predicted molar refractivity (Wildman–Crippen MR) is 107 cm³/mol. The van der Waals surface area contributed by atoms with Crippen molar-refractivity contribution in [2.45, 2.75) is 31.6 Å². The van der Waals surface area contributed by atoms with Crippen molar-refractivity contribution in [2.24, 2.45) is 0 Å². The number of hydrogen-bond acceptors (Lipinski definition) is 5. The number of alkyl halides is 6. The molecule has 0 saturated carbocycles. The van der Waals surface area contributed by atoms with Gasteiger partial charge in [-0.25, -0.2) is 0 Å². The van der Waals surface area contributed by atoms with Crippen molar-refractivity contribution in [3.05, 3.63) is 78.0 Å². The molecule has 0 aliphatic heterocycles. The van der Waals surface area contributed by atoms with Crippen LogP contribution in [0.4, 0.5) is 32.2 Å². The Morgan fingerprint density at radius 3 is 2.21 bits per heavy atom. The molecule has 0 atom stereocenters. The second kappa shape index (κ2) is 10.1. The van der Waals surface area contributed by atoms with Crippen LogP contribution in [-0.2, 0) is 32.7 Å². The summed E-state index contributed by atoms with van der Waals surface area (Å²) in [5, 5.41) is 12.8. The topological polar surface area (TPSA) is 79.5 Å². The van der Waals surface area contributed by atoms with Gasteiger partial charge in [-0.05, 0) is 26.0 Å². The Hall–Kier alpha value is -3.01. The number of halogens is 6. The smallest absolute Gasteiger partial charge is 0.453 e. The maximum Gasteiger partial charge on any atom is 2.00 e. The predicted octanol–water partition coefficient (Wildman–Crippen LogP) is 5.12. The van der Waals surface area contributed by atoms with Crippen LogP contribution in [-0.4, -0.2) is 31.6 Å². The van der Waals surface area contributed by atoms with Gasteiger partial charge in [-0.1, -0.05) is 30.5 Å². The van der Waals surface area contributed by atoms with Gasteiger partial charge in [0.2, 0.25) is 0 Å². The average molecular weight is 661 g/mol. The van der Waals surface area contributed by atoms with E-state index in [2.05, 4.69) is 32.8 Å². The van der Waals surface area contributed by atoms with Crippen LogP contribution in [0.15, 0.2) is 48.5 Å². The summed E-state index contributed by atoms with van der Waals surface area (Å²) < 4.78 is 76.5. The van der Waals surface area contributed by atoms with Gasteiger partial charge in [0.05, 0.1) is 11.5 Å². The molecule has 182 valence electrons. The molecule has 3 heterocycles. The molecular formula is C21H16F6N6Pt. The Morgan fingerprint density at radius 2 is 1.62 bits per heavy atom. The average Bonchev–Trinajstić information content (AvgIpc) is 3.24. The third-order valence-corrected chi connectivity index (χ3v) is 4.53. The van der Waals surface area contributed by atoms with E-state index in [0.29, 0.717) is 17.5 Å².